The third-order valence-electron chi connectivity index (χ3n) is 2.62. The van der Waals surface area contributed by atoms with Gasteiger partial charge in [-0.05, 0) is 12.0 Å². The van der Waals surface area contributed by atoms with Crippen molar-refractivity contribution in [3.8, 4) is 0 Å². The van der Waals surface area contributed by atoms with E-state index in [9.17, 15) is 8.78 Å². The van der Waals surface area contributed by atoms with E-state index in [1.54, 1.807) is 0 Å². The summed E-state index contributed by atoms with van der Waals surface area (Å²) in [6.07, 6.45) is 1.71. The topological polar surface area (TPSA) is 32.3 Å². The summed E-state index contributed by atoms with van der Waals surface area (Å²) in [5.74, 6) is -3.05. The molecule has 1 aromatic carbocycles. The Morgan fingerprint density at radius 2 is 1.94 bits per heavy atom. The van der Waals surface area contributed by atoms with Crippen LogP contribution in [-0.2, 0) is 0 Å². The molecule has 1 aromatic rings. The molecular weight excluding hydrogens is 224 g/mol. The highest BCUT2D eigenvalue weighted by Gasteiger charge is 2.28. The number of aliphatic hydroxyl groups excluding tert-OH is 1. The molecule has 0 saturated heterocycles. The van der Waals surface area contributed by atoms with Gasteiger partial charge in [-0.25, -0.2) is 8.78 Å². The molecule has 0 saturated carbocycles. The predicted octanol–water partition coefficient (Wildman–Crippen LogP) is 2.75. The summed E-state index contributed by atoms with van der Waals surface area (Å²) in [4.78, 5) is 0. The van der Waals surface area contributed by atoms with Crippen LogP contribution in [-0.4, -0.2) is 24.2 Å². The van der Waals surface area contributed by atoms with Crippen molar-refractivity contribution in [1.82, 2.24) is 5.32 Å². The van der Waals surface area contributed by atoms with Gasteiger partial charge in [0, 0.05) is 6.04 Å². The minimum atomic E-state index is -3.05. The van der Waals surface area contributed by atoms with Crippen LogP contribution in [0.15, 0.2) is 30.3 Å². The Balaban J connectivity index is 2.61. The van der Waals surface area contributed by atoms with Gasteiger partial charge in [-0.3, -0.25) is 0 Å². The first-order valence-corrected chi connectivity index (χ1v) is 5.86. The van der Waals surface area contributed by atoms with Gasteiger partial charge in [-0.15, -0.1) is 0 Å². The molecule has 1 unspecified atom stereocenters. The van der Waals surface area contributed by atoms with Crippen LogP contribution in [0.25, 0.3) is 0 Å². The standard InChI is InChI=1S/C13H19F2NO/c1-2-6-12(11-7-4-3-5-8-11)16-9-13(14,15)10-17/h3-5,7-8,12,16-17H,2,6,9-10H2,1H3. The molecule has 0 amide bonds. The van der Waals surface area contributed by atoms with Crippen LogP contribution in [0.3, 0.4) is 0 Å². The third-order valence-corrected chi connectivity index (χ3v) is 2.62. The molecule has 0 bridgehead atoms. The molecule has 0 aliphatic rings. The lowest BCUT2D eigenvalue weighted by Gasteiger charge is -2.22. The fraction of sp³-hybridized carbons (Fsp3) is 0.538. The van der Waals surface area contributed by atoms with E-state index in [-0.39, 0.29) is 6.04 Å². The Hall–Kier alpha value is -1.00. The number of hydrogen-bond donors (Lipinski definition) is 2. The van der Waals surface area contributed by atoms with Crippen LogP contribution >= 0.6 is 0 Å². The van der Waals surface area contributed by atoms with Crippen LogP contribution in [0.1, 0.15) is 31.4 Å². The average Bonchev–Trinajstić information content (AvgIpc) is 2.35. The molecule has 1 rings (SSSR count). The van der Waals surface area contributed by atoms with E-state index >= 15 is 0 Å². The number of hydrogen-bond acceptors (Lipinski definition) is 2. The van der Waals surface area contributed by atoms with Gasteiger partial charge >= 0.3 is 0 Å². The van der Waals surface area contributed by atoms with Gasteiger partial charge in [-0.1, -0.05) is 43.7 Å². The largest absolute Gasteiger partial charge is 0.390 e. The van der Waals surface area contributed by atoms with Crippen molar-refractivity contribution in [1.29, 1.82) is 0 Å². The first-order valence-electron chi connectivity index (χ1n) is 5.86. The molecule has 96 valence electrons. The van der Waals surface area contributed by atoms with Gasteiger partial charge in [0.1, 0.15) is 6.61 Å². The highest BCUT2D eigenvalue weighted by Crippen LogP contribution is 2.20. The molecule has 0 aliphatic carbocycles. The lowest BCUT2D eigenvalue weighted by Crippen LogP contribution is -2.37. The fourth-order valence-corrected chi connectivity index (χ4v) is 1.69. The van der Waals surface area contributed by atoms with Crippen LogP contribution in [0.2, 0.25) is 0 Å². The monoisotopic (exact) mass is 243 g/mol. The summed E-state index contributed by atoms with van der Waals surface area (Å²) in [7, 11) is 0. The van der Waals surface area contributed by atoms with Crippen LogP contribution in [0.4, 0.5) is 8.78 Å². The Kier molecular flexibility index (Phi) is 5.51. The lowest BCUT2D eigenvalue weighted by atomic mass is 10.0. The van der Waals surface area contributed by atoms with E-state index in [1.165, 1.54) is 0 Å². The molecule has 0 spiro atoms. The highest BCUT2D eigenvalue weighted by molar-refractivity contribution is 5.18. The van der Waals surface area contributed by atoms with Crippen molar-refractivity contribution >= 4 is 0 Å². The summed E-state index contributed by atoms with van der Waals surface area (Å²) in [5, 5.41) is 11.3. The van der Waals surface area contributed by atoms with Gasteiger partial charge in [-0.2, -0.15) is 0 Å². The molecule has 2 N–H and O–H groups in total. The molecule has 0 fully saturated rings. The number of benzene rings is 1. The quantitative estimate of drug-likeness (QED) is 0.771. The molecule has 0 aliphatic heterocycles. The highest BCUT2D eigenvalue weighted by atomic mass is 19.3. The van der Waals surface area contributed by atoms with Gasteiger partial charge in [0.25, 0.3) is 5.92 Å². The van der Waals surface area contributed by atoms with Crippen molar-refractivity contribution in [3.63, 3.8) is 0 Å². The number of nitrogens with one attached hydrogen (secondary N) is 1. The summed E-state index contributed by atoms with van der Waals surface area (Å²) in [6, 6.07) is 9.44. The van der Waals surface area contributed by atoms with E-state index in [0.717, 1.165) is 18.4 Å². The second kappa shape index (κ2) is 6.67. The SMILES string of the molecule is CCCC(NCC(F)(F)CO)c1ccccc1. The smallest absolute Gasteiger partial charge is 0.282 e. The van der Waals surface area contributed by atoms with Crippen molar-refractivity contribution in [2.75, 3.05) is 13.2 Å². The van der Waals surface area contributed by atoms with Gasteiger partial charge in [0.2, 0.25) is 0 Å². The Labute approximate surface area is 101 Å². The Morgan fingerprint density at radius 3 is 2.47 bits per heavy atom. The van der Waals surface area contributed by atoms with Crippen LogP contribution in [0, 0.1) is 0 Å². The summed E-state index contributed by atoms with van der Waals surface area (Å²) in [5.41, 5.74) is 1.00. The van der Waals surface area contributed by atoms with Gasteiger partial charge < -0.3 is 10.4 Å². The van der Waals surface area contributed by atoms with Crippen molar-refractivity contribution in [3.05, 3.63) is 35.9 Å². The lowest BCUT2D eigenvalue weighted by molar-refractivity contribution is -0.0495. The molecular formula is C13H19F2NO. The van der Waals surface area contributed by atoms with Gasteiger partial charge in [0.05, 0.1) is 6.54 Å². The normalized spacial score (nSPS) is 13.6. The van der Waals surface area contributed by atoms with E-state index in [0.29, 0.717) is 0 Å². The van der Waals surface area contributed by atoms with Crippen molar-refractivity contribution in [2.45, 2.75) is 31.7 Å². The average molecular weight is 243 g/mol. The van der Waals surface area contributed by atoms with E-state index in [1.807, 2.05) is 37.3 Å². The minimum Gasteiger partial charge on any atom is -0.390 e. The first kappa shape index (κ1) is 14.1. The van der Waals surface area contributed by atoms with Gasteiger partial charge in [0.15, 0.2) is 0 Å². The molecule has 17 heavy (non-hydrogen) atoms. The third kappa shape index (κ3) is 4.79. The maximum atomic E-state index is 13.0. The van der Waals surface area contributed by atoms with Crippen LogP contribution in [0.5, 0.6) is 0 Å². The number of rotatable bonds is 7. The summed E-state index contributed by atoms with van der Waals surface area (Å²) in [6.45, 7) is 0.401. The second-order valence-corrected chi connectivity index (χ2v) is 4.15. The molecule has 4 heteroatoms. The van der Waals surface area contributed by atoms with E-state index in [2.05, 4.69) is 5.32 Å². The number of halogens is 2. The maximum Gasteiger partial charge on any atom is 0.282 e. The molecule has 0 aromatic heterocycles. The molecule has 1 atom stereocenters. The van der Waals surface area contributed by atoms with Crippen molar-refractivity contribution < 1.29 is 13.9 Å². The minimum absolute atomic E-state index is 0.0846. The van der Waals surface area contributed by atoms with E-state index < -0.39 is 19.1 Å². The van der Waals surface area contributed by atoms with Crippen molar-refractivity contribution in [2.24, 2.45) is 0 Å². The second-order valence-electron chi connectivity index (χ2n) is 4.15. The zero-order chi connectivity index (χ0) is 12.7. The van der Waals surface area contributed by atoms with E-state index in [4.69, 9.17) is 5.11 Å². The predicted molar refractivity (Wildman–Crippen MR) is 64.1 cm³/mol. The molecule has 0 heterocycles. The summed E-state index contributed by atoms with van der Waals surface area (Å²) >= 11 is 0. The molecule has 0 radical (unpaired) electrons. The summed E-state index contributed by atoms with van der Waals surface area (Å²) < 4.78 is 25.9. The zero-order valence-corrected chi connectivity index (χ0v) is 10.00. The zero-order valence-electron chi connectivity index (χ0n) is 10.00. The number of aliphatic hydroxyl groups is 1. The van der Waals surface area contributed by atoms with Crippen LogP contribution < -0.4 is 5.32 Å². The maximum absolute atomic E-state index is 13.0. The molecule has 2 nitrogen and oxygen atoms in total. The Morgan fingerprint density at radius 1 is 1.29 bits per heavy atom. The Bertz CT molecular complexity index is 316. The first-order chi connectivity index (χ1) is 8.09. The number of alkyl halides is 2. The fourth-order valence-electron chi connectivity index (χ4n) is 1.69.